The third-order valence-electron chi connectivity index (χ3n) is 4.48. The monoisotopic (exact) mass is 370 g/mol. The molecule has 2 N–H and O–H groups in total. The van der Waals surface area contributed by atoms with Gasteiger partial charge < -0.3 is 10.2 Å². The van der Waals surface area contributed by atoms with E-state index in [9.17, 15) is 0 Å². The molecule has 0 radical (unpaired) electrons. The van der Waals surface area contributed by atoms with Gasteiger partial charge in [-0.25, -0.2) is 0 Å². The Morgan fingerprint density at radius 2 is 2.09 bits per heavy atom. The fourth-order valence-corrected chi connectivity index (χ4v) is 3.43. The van der Waals surface area contributed by atoms with E-state index in [-0.39, 0.29) is 0 Å². The zero-order chi connectivity index (χ0) is 15.6. The van der Waals surface area contributed by atoms with Crippen LogP contribution >= 0.6 is 15.9 Å². The van der Waals surface area contributed by atoms with Gasteiger partial charge in [-0.3, -0.25) is 5.10 Å². The average Bonchev–Trinajstić information content (AvgIpc) is 3.22. The van der Waals surface area contributed by atoms with Crippen LogP contribution in [0.4, 0.5) is 5.69 Å². The largest absolute Gasteiger partial charge is 0.370 e. The topological polar surface area (TPSA) is 44.0 Å². The molecule has 1 aliphatic rings. The number of H-pyrrole nitrogens is 1. The van der Waals surface area contributed by atoms with Crippen molar-refractivity contribution >= 4 is 32.5 Å². The van der Waals surface area contributed by atoms with Gasteiger partial charge in [0.15, 0.2) is 0 Å². The Bertz CT molecular complexity index is 796. The lowest BCUT2D eigenvalue weighted by Gasteiger charge is -2.19. The van der Waals surface area contributed by atoms with Crippen molar-refractivity contribution < 1.29 is 0 Å². The van der Waals surface area contributed by atoms with Gasteiger partial charge in [0, 0.05) is 41.2 Å². The molecule has 4 rings (SSSR count). The zero-order valence-corrected chi connectivity index (χ0v) is 14.4. The summed E-state index contributed by atoms with van der Waals surface area (Å²) in [5.41, 5.74) is 3.70. The molecule has 5 heteroatoms. The fraction of sp³-hybridized carbons (Fsp3) is 0.278. The van der Waals surface area contributed by atoms with Crippen molar-refractivity contribution in [3.63, 3.8) is 0 Å². The predicted molar refractivity (Wildman–Crippen MR) is 97.7 cm³/mol. The summed E-state index contributed by atoms with van der Waals surface area (Å²) >= 11 is 3.49. The number of rotatable bonds is 4. The number of nitrogens with zero attached hydrogens (tertiary/aromatic N) is 2. The van der Waals surface area contributed by atoms with E-state index in [0.717, 1.165) is 35.0 Å². The minimum Gasteiger partial charge on any atom is -0.370 e. The van der Waals surface area contributed by atoms with Crippen LogP contribution in [0.5, 0.6) is 0 Å². The maximum absolute atomic E-state index is 4.07. The highest BCUT2D eigenvalue weighted by Crippen LogP contribution is 2.23. The number of hydrogen-bond donors (Lipinski definition) is 2. The molecule has 1 unspecified atom stereocenters. The van der Waals surface area contributed by atoms with E-state index in [2.05, 4.69) is 78.8 Å². The van der Waals surface area contributed by atoms with Crippen LogP contribution < -0.4 is 10.2 Å². The molecule has 2 heterocycles. The Morgan fingerprint density at radius 1 is 1.22 bits per heavy atom. The molecule has 23 heavy (non-hydrogen) atoms. The van der Waals surface area contributed by atoms with E-state index in [4.69, 9.17) is 0 Å². The first-order valence-electron chi connectivity index (χ1n) is 7.94. The Labute approximate surface area is 144 Å². The first-order valence-corrected chi connectivity index (χ1v) is 8.73. The lowest BCUT2D eigenvalue weighted by atomic mass is 10.1. The summed E-state index contributed by atoms with van der Waals surface area (Å²) in [5, 5.41) is 11.9. The van der Waals surface area contributed by atoms with Crippen LogP contribution in [-0.2, 0) is 6.54 Å². The Morgan fingerprint density at radius 3 is 2.96 bits per heavy atom. The number of anilines is 1. The number of hydrogen-bond acceptors (Lipinski definition) is 3. The molecule has 2 aromatic carbocycles. The van der Waals surface area contributed by atoms with Gasteiger partial charge >= 0.3 is 0 Å². The second kappa shape index (κ2) is 6.34. The quantitative estimate of drug-likeness (QED) is 0.735. The van der Waals surface area contributed by atoms with Crippen molar-refractivity contribution in [3.8, 4) is 0 Å². The van der Waals surface area contributed by atoms with Crippen molar-refractivity contribution in [2.24, 2.45) is 0 Å². The SMILES string of the molecule is Brc1ccc(N2CCC(NCc3ccc4cn[nH]c4c3)C2)cc1. The van der Waals surface area contributed by atoms with E-state index in [1.54, 1.807) is 0 Å². The fourth-order valence-electron chi connectivity index (χ4n) is 3.17. The first kappa shape index (κ1) is 14.7. The van der Waals surface area contributed by atoms with Gasteiger partial charge in [-0.05, 0) is 42.3 Å². The second-order valence-corrected chi connectivity index (χ2v) is 7.00. The van der Waals surface area contributed by atoms with Crippen molar-refractivity contribution in [3.05, 3.63) is 58.7 Å². The van der Waals surface area contributed by atoms with Gasteiger partial charge in [0.25, 0.3) is 0 Å². The maximum atomic E-state index is 4.07. The van der Waals surface area contributed by atoms with Crippen molar-refractivity contribution in [2.45, 2.75) is 19.0 Å². The summed E-state index contributed by atoms with van der Waals surface area (Å²) in [5.74, 6) is 0. The van der Waals surface area contributed by atoms with Gasteiger partial charge in [0.2, 0.25) is 0 Å². The van der Waals surface area contributed by atoms with E-state index in [1.165, 1.54) is 17.7 Å². The standard InChI is InChI=1S/C18H19BrN4/c19-15-3-5-17(6-4-15)23-8-7-16(12-23)20-10-13-1-2-14-11-21-22-18(14)9-13/h1-6,9,11,16,20H,7-8,10,12H2,(H,21,22). The van der Waals surface area contributed by atoms with Crippen LogP contribution in [0, 0.1) is 0 Å². The molecule has 4 nitrogen and oxygen atoms in total. The van der Waals surface area contributed by atoms with E-state index in [0.29, 0.717) is 6.04 Å². The molecule has 0 saturated carbocycles. The van der Waals surface area contributed by atoms with Crippen molar-refractivity contribution in [2.75, 3.05) is 18.0 Å². The summed E-state index contributed by atoms with van der Waals surface area (Å²) in [4.78, 5) is 2.45. The van der Waals surface area contributed by atoms with Crippen LogP contribution in [0.3, 0.4) is 0 Å². The molecule has 1 fully saturated rings. The average molecular weight is 371 g/mol. The summed E-state index contributed by atoms with van der Waals surface area (Å²) in [6.45, 7) is 3.07. The van der Waals surface area contributed by atoms with Crippen LogP contribution in [-0.4, -0.2) is 29.3 Å². The number of fused-ring (bicyclic) bond motifs is 1. The molecule has 0 aliphatic carbocycles. The molecule has 0 bridgehead atoms. The molecule has 1 atom stereocenters. The zero-order valence-electron chi connectivity index (χ0n) is 12.8. The summed E-state index contributed by atoms with van der Waals surface area (Å²) in [7, 11) is 0. The molecular weight excluding hydrogens is 352 g/mol. The van der Waals surface area contributed by atoms with Gasteiger partial charge in [-0.2, -0.15) is 5.10 Å². The number of benzene rings is 2. The lowest BCUT2D eigenvalue weighted by Crippen LogP contribution is -2.32. The van der Waals surface area contributed by atoms with E-state index in [1.807, 2.05) is 6.20 Å². The highest BCUT2D eigenvalue weighted by atomic mass is 79.9. The summed E-state index contributed by atoms with van der Waals surface area (Å²) in [6, 6.07) is 15.6. The normalized spacial score (nSPS) is 18.0. The minimum absolute atomic E-state index is 0.538. The molecule has 118 valence electrons. The van der Waals surface area contributed by atoms with Gasteiger partial charge in [-0.15, -0.1) is 0 Å². The first-order chi connectivity index (χ1) is 11.3. The van der Waals surface area contributed by atoms with Crippen molar-refractivity contribution in [1.82, 2.24) is 15.5 Å². The summed E-state index contributed by atoms with van der Waals surface area (Å²) in [6.07, 6.45) is 3.04. The molecule has 0 spiro atoms. The number of halogens is 1. The third kappa shape index (κ3) is 3.26. The predicted octanol–water partition coefficient (Wildman–Crippen LogP) is 3.69. The molecule has 0 amide bonds. The summed E-state index contributed by atoms with van der Waals surface area (Å²) < 4.78 is 1.13. The maximum Gasteiger partial charge on any atom is 0.0653 e. The lowest BCUT2D eigenvalue weighted by molar-refractivity contribution is 0.551. The van der Waals surface area contributed by atoms with Crippen LogP contribution in [0.25, 0.3) is 10.9 Å². The number of aromatic nitrogens is 2. The number of nitrogens with one attached hydrogen (secondary N) is 2. The smallest absolute Gasteiger partial charge is 0.0653 e. The Balaban J connectivity index is 1.36. The number of aromatic amines is 1. The van der Waals surface area contributed by atoms with Crippen LogP contribution in [0.2, 0.25) is 0 Å². The Kier molecular flexibility index (Phi) is 4.06. The van der Waals surface area contributed by atoms with E-state index < -0.39 is 0 Å². The molecule has 1 saturated heterocycles. The van der Waals surface area contributed by atoms with Gasteiger partial charge in [0.1, 0.15) is 0 Å². The molecule has 1 aromatic heterocycles. The van der Waals surface area contributed by atoms with Gasteiger partial charge in [-0.1, -0.05) is 28.1 Å². The van der Waals surface area contributed by atoms with Crippen molar-refractivity contribution in [1.29, 1.82) is 0 Å². The molecular formula is C18H19BrN4. The second-order valence-electron chi connectivity index (χ2n) is 6.08. The third-order valence-corrected chi connectivity index (χ3v) is 5.01. The molecule has 1 aliphatic heterocycles. The van der Waals surface area contributed by atoms with Crippen LogP contribution in [0.15, 0.2) is 53.1 Å². The highest BCUT2D eigenvalue weighted by molar-refractivity contribution is 9.10. The molecule has 3 aromatic rings. The van der Waals surface area contributed by atoms with E-state index >= 15 is 0 Å². The Hall–Kier alpha value is -1.85. The minimum atomic E-state index is 0.538. The highest BCUT2D eigenvalue weighted by Gasteiger charge is 2.22. The van der Waals surface area contributed by atoms with Gasteiger partial charge in [0.05, 0.1) is 11.7 Å². The van der Waals surface area contributed by atoms with Crippen LogP contribution in [0.1, 0.15) is 12.0 Å².